The lowest BCUT2D eigenvalue weighted by Gasteiger charge is -1.99. The third-order valence-electron chi connectivity index (χ3n) is 2.28. The van der Waals surface area contributed by atoms with Crippen LogP contribution in [-0.4, -0.2) is 15.0 Å². The van der Waals surface area contributed by atoms with Crippen LogP contribution in [-0.2, 0) is 0 Å². The molecular formula is C11H7ClN4S. The van der Waals surface area contributed by atoms with Gasteiger partial charge in [0.2, 0.25) is 0 Å². The van der Waals surface area contributed by atoms with Gasteiger partial charge >= 0.3 is 0 Å². The minimum atomic E-state index is 0.480. The standard InChI is InChI=1S/C11H7ClN4S/c12-7-3-1-6(2-4-7)8-5-14-9-10(15-8)17-11(13)16-9/h1-5H,(H2,13,14,16). The summed E-state index contributed by atoms with van der Waals surface area (Å²) in [7, 11) is 0. The van der Waals surface area contributed by atoms with Gasteiger partial charge in [0.15, 0.2) is 15.6 Å². The summed E-state index contributed by atoms with van der Waals surface area (Å²) in [6.45, 7) is 0. The first-order valence-corrected chi connectivity index (χ1v) is 6.07. The second-order valence-corrected chi connectivity index (χ2v) is 4.89. The zero-order valence-corrected chi connectivity index (χ0v) is 10.2. The smallest absolute Gasteiger partial charge is 0.191 e. The number of hydrogen-bond acceptors (Lipinski definition) is 5. The van der Waals surface area contributed by atoms with Gasteiger partial charge in [-0.1, -0.05) is 35.1 Å². The Kier molecular flexibility index (Phi) is 2.42. The van der Waals surface area contributed by atoms with Crippen molar-refractivity contribution < 1.29 is 0 Å². The van der Waals surface area contributed by atoms with Gasteiger partial charge in [0.25, 0.3) is 0 Å². The van der Waals surface area contributed by atoms with Crippen molar-refractivity contribution in [3.05, 3.63) is 35.5 Å². The Balaban J connectivity index is 2.13. The lowest BCUT2D eigenvalue weighted by Crippen LogP contribution is -1.86. The Bertz CT molecular complexity index is 678. The summed E-state index contributed by atoms with van der Waals surface area (Å²) in [6.07, 6.45) is 1.69. The second kappa shape index (κ2) is 3.94. The van der Waals surface area contributed by atoms with Gasteiger partial charge in [-0.15, -0.1) is 0 Å². The highest BCUT2D eigenvalue weighted by Crippen LogP contribution is 2.24. The zero-order chi connectivity index (χ0) is 11.8. The molecule has 0 aliphatic carbocycles. The molecule has 0 aliphatic heterocycles. The van der Waals surface area contributed by atoms with Crippen molar-refractivity contribution in [1.82, 2.24) is 15.0 Å². The summed E-state index contributed by atoms with van der Waals surface area (Å²) >= 11 is 7.17. The van der Waals surface area contributed by atoms with E-state index in [1.165, 1.54) is 11.3 Å². The molecule has 0 atom stereocenters. The lowest BCUT2D eigenvalue weighted by atomic mass is 10.2. The number of benzene rings is 1. The topological polar surface area (TPSA) is 64.7 Å². The van der Waals surface area contributed by atoms with E-state index < -0.39 is 0 Å². The Hall–Kier alpha value is -1.72. The molecule has 17 heavy (non-hydrogen) atoms. The van der Waals surface area contributed by atoms with E-state index in [1.807, 2.05) is 24.3 Å². The second-order valence-electron chi connectivity index (χ2n) is 3.44. The van der Waals surface area contributed by atoms with Crippen LogP contribution >= 0.6 is 22.9 Å². The maximum absolute atomic E-state index is 5.84. The number of aromatic nitrogens is 3. The van der Waals surface area contributed by atoms with E-state index in [0.717, 1.165) is 16.1 Å². The molecule has 0 fully saturated rings. The maximum atomic E-state index is 5.84. The number of hydrogen-bond donors (Lipinski definition) is 1. The fourth-order valence-corrected chi connectivity index (χ4v) is 2.29. The average molecular weight is 263 g/mol. The highest BCUT2D eigenvalue weighted by Gasteiger charge is 2.06. The minimum Gasteiger partial charge on any atom is -0.375 e. The fourth-order valence-electron chi connectivity index (χ4n) is 1.50. The molecule has 0 bridgehead atoms. The normalized spacial score (nSPS) is 10.9. The van der Waals surface area contributed by atoms with Crippen molar-refractivity contribution in [1.29, 1.82) is 0 Å². The number of anilines is 1. The lowest BCUT2D eigenvalue weighted by molar-refractivity contribution is 1.27. The number of fused-ring (bicyclic) bond motifs is 1. The highest BCUT2D eigenvalue weighted by molar-refractivity contribution is 7.21. The molecule has 0 spiro atoms. The highest BCUT2D eigenvalue weighted by atomic mass is 35.5. The molecule has 6 heteroatoms. The monoisotopic (exact) mass is 262 g/mol. The van der Waals surface area contributed by atoms with Gasteiger partial charge in [0, 0.05) is 10.6 Å². The molecule has 2 heterocycles. The van der Waals surface area contributed by atoms with Crippen LogP contribution in [0.25, 0.3) is 21.7 Å². The summed E-state index contributed by atoms with van der Waals surface area (Å²) in [4.78, 5) is 13.5. The Morgan fingerprint density at radius 2 is 1.88 bits per heavy atom. The van der Waals surface area contributed by atoms with E-state index in [4.69, 9.17) is 17.3 Å². The molecule has 0 radical (unpaired) electrons. The third-order valence-corrected chi connectivity index (χ3v) is 3.30. The predicted octanol–water partition coefficient (Wildman–Crippen LogP) is 2.99. The van der Waals surface area contributed by atoms with Crippen molar-refractivity contribution in [2.24, 2.45) is 0 Å². The molecule has 0 saturated carbocycles. The first kappa shape index (κ1) is 10.4. The maximum Gasteiger partial charge on any atom is 0.191 e. The van der Waals surface area contributed by atoms with Crippen LogP contribution < -0.4 is 5.73 Å². The van der Waals surface area contributed by atoms with Crippen LogP contribution in [0.5, 0.6) is 0 Å². The van der Waals surface area contributed by atoms with Crippen LogP contribution in [0.2, 0.25) is 5.02 Å². The van der Waals surface area contributed by atoms with E-state index in [-0.39, 0.29) is 0 Å². The number of thiazole rings is 1. The zero-order valence-electron chi connectivity index (χ0n) is 8.59. The quantitative estimate of drug-likeness (QED) is 0.732. The van der Waals surface area contributed by atoms with Crippen LogP contribution in [0.1, 0.15) is 0 Å². The summed E-state index contributed by atoms with van der Waals surface area (Å²) < 4.78 is 0. The fraction of sp³-hybridized carbons (Fsp3) is 0. The summed E-state index contributed by atoms with van der Waals surface area (Å²) in [5, 5.41) is 1.18. The largest absolute Gasteiger partial charge is 0.375 e. The van der Waals surface area contributed by atoms with Gasteiger partial charge in [-0.2, -0.15) is 4.98 Å². The van der Waals surface area contributed by atoms with Gasteiger partial charge in [-0.25, -0.2) is 9.97 Å². The SMILES string of the molecule is Nc1nc2ncc(-c3ccc(Cl)cc3)nc2s1. The third kappa shape index (κ3) is 1.94. The van der Waals surface area contributed by atoms with Gasteiger partial charge < -0.3 is 5.73 Å². The number of rotatable bonds is 1. The minimum absolute atomic E-state index is 0.480. The molecule has 0 amide bonds. The van der Waals surface area contributed by atoms with E-state index in [1.54, 1.807) is 6.20 Å². The number of nitrogens with two attached hydrogens (primary N) is 1. The summed E-state index contributed by atoms with van der Waals surface area (Å²) in [5.74, 6) is 0. The van der Waals surface area contributed by atoms with Crippen molar-refractivity contribution in [2.45, 2.75) is 0 Å². The molecule has 2 N–H and O–H groups in total. The predicted molar refractivity (Wildman–Crippen MR) is 70.1 cm³/mol. The van der Waals surface area contributed by atoms with E-state index in [0.29, 0.717) is 15.8 Å². The van der Waals surface area contributed by atoms with E-state index in [9.17, 15) is 0 Å². The van der Waals surface area contributed by atoms with E-state index >= 15 is 0 Å². The molecule has 0 saturated heterocycles. The molecule has 4 nitrogen and oxygen atoms in total. The average Bonchev–Trinajstić information content (AvgIpc) is 2.69. The molecule has 3 rings (SSSR count). The van der Waals surface area contributed by atoms with Crippen molar-refractivity contribution in [2.75, 3.05) is 5.73 Å². The number of halogens is 1. The molecule has 0 aliphatic rings. The summed E-state index contributed by atoms with van der Waals surface area (Å²) in [6, 6.07) is 7.46. The first-order valence-electron chi connectivity index (χ1n) is 4.87. The first-order chi connectivity index (χ1) is 8.22. The van der Waals surface area contributed by atoms with E-state index in [2.05, 4.69) is 15.0 Å². The number of nitrogens with zero attached hydrogens (tertiary/aromatic N) is 3. The molecule has 3 aromatic rings. The molecule has 2 aromatic heterocycles. The Labute approximate surface area is 106 Å². The molecular weight excluding hydrogens is 256 g/mol. The van der Waals surface area contributed by atoms with Crippen LogP contribution in [0.3, 0.4) is 0 Å². The number of nitrogen functional groups attached to an aromatic ring is 1. The van der Waals surface area contributed by atoms with Gasteiger partial charge in [0.1, 0.15) is 0 Å². The van der Waals surface area contributed by atoms with Crippen molar-refractivity contribution >= 4 is 38.5 Å². The van der Waals surface area contributed by atoms with Crippen molar-refractivity contribution in [3.63, 3.8) is 0 Å². The van der Waals surface area contributed by atoms with Crippen LogP contribution in [0, 0.1) is 0 Å². The Morgan fingerprint density at radius 1 is 1.12 bits per heavy atom. The van der Waals surface area contributed by atoms with Gasteiger partial charge in [0.05, 0.1) is 11.9 Å². The molecule has 0 unspecified atom stereocenters. The Morgan fingerprint density at radius 3 is 2.65 bits per heavy atom. The van der Waals surface area contributed by atoms with Gasteiger partial charge in [-0.3, -0.25) is 0 Å². The van der Waals surface area contributed by atoms with Crippen LogP contribution in [0.15, 0.2) is 30.5 Å². The van der Waals surface area contributed by atoms with Gasteiger partial charge in [-0.05, 0) is 12.1 Å². The summed E-state index contributed by atoms with van der Waals surface area (Å²) in [5.41, 5.74) is 7.96. The van der Waals surface area contributed by atoms with Crippen molar-refractivity contribution in [3.8, 4) is 11.3 Å². The molecule has 1 aromatic carbocycles. The van der Waals surface area contributed by atoms with Crippen LogP contribution in [0.4, 0.5) is 5.13 Å². The molecule has 84 valence electrons.